The molecule has 2 heteroatoms. The van der Waals surface area contributed by atoms with Crippen LogP contribution in [0.15, 0.2) is 10.8 Å². The van der Waals surface area contributed by atoms with E-state index in [2.05, 4.69) is 25.8 Å². The topological polar surface area (TPSA) is 26.0 Å². The molecule has 0 saturated carbocycles. The van der Waals surface area contributed by atoms with Crippen molar-refractivity contribution in [2.75, 3.05) is 0 Å². The summed E-state index contributed by atoms with van der Waals surface area (Å²) < 4.78 is 5.54. The fourth-order valence-electron chi connectivity index (χ4n) is 2.20. The molecule has 2 nitrogen and oxygen atoms in total. The summed E-state index contributed by atoms with van der Waals surface area (Å²) in [5.74, 6) is 1.72. The second-order valence-electron chi connectivity index (χ2n) is 4.64. The van der Waals surface area contributed by atoms with E-state index in [1.54, 1.807) is 6.39 Å². The lowest BCUT2D eigenvalue weighted by Gasteiger charge is -2.14. The molecule has 1 atom stereocenters. The Morgan fingerprint density at radius 3 is 2.38 bits per heavy atom. The van der Waals surface area contributed by atoms with Gasteiger partial charge in [-0.15, -0.1) is 0 Å². The van der Waals surface area contributed by atoms with Crippen LogP contribution in [0.3, 0.4) is 0 Å². The van der Waals surface area contributed by atoms with Gasteiger partial charge in [-0.1, -0.05) is 46.0 Å². The highest BCUT2D eigenvalue weighted by Gasteiger charge is 2.17. The van der Waals surface area contributed by atoms with Gasteiger partial charge in [0, 0.05) is 5.92 Å². The van der Waals surface area contributed by atoms with Crippen LogP contribution in [0.25, 0.3) is 0 Å². The number of oxazole rings is 1. The smallest absolute Gasteiger partial charge is 0.181 e. The molecule has 0 aromatic carbocycles. The molecule has 16 heavy (non-hydrogen) atoms. The first kappa shape index (κ1) is 13.3. The molecule has 1 unspecified atom stereocenters. The first-order valence-corrected chi connectivity index (χ1v) is 6.69. The maximum Gasteiger partial charge on any atom is 0.181 e. The molecule has 1 heterocycles. The van der Waals surface area contributed by atoms with E-state index in [4.69, 9.17) is 4.42 Å². The fourth-order valence-corrected chi connectivity index (χ4v) is 2.20. The Hall–Kier alpha value is -0.790. The summed E-state index contributed by atoms with van der Waals surface area (Å²) in [5, 5.41) is 0. The summed E-state index contributed by atoms with van der Waals surface area (Å²) in [7, 11) is 0. The van der Waals surface area contributed by atoms with E-state index in [9.17, 15) is 0 Å². The zero-order chi connectivity index (χ0) is 11.8. The van der Waals surface area contributed by atoms with Gasteiger partial charge in [0.05, 0.1) is 5.69 Å². The van der Waals surface area contributed by atoms with Crippen LogP contribution in [-0.4, -0.2) is 4.98 Å². The Kier molecular flexibility index (Phi) is 6.20. The Morgan fingerprint density at radius 2 is 1.81 bits per heavy atom. The molecule has 0 N–H and O–H groups in total. The molecule has 0 aliphatic rings. The zero-order valence-electron chi connectivity index (χ0n) is 11.0. The third-order valence-electron chi connectivity index (χ3n) is 3.22. The molecular weight excluding hydrogens is 198 g/mol. The summed E-state index contributed by atoms with van der Waals surface area (Å²) in [6.07, 6.45) is 10.6. The normalized spacial score (nSPS) is 12.9. The minimum Gasteiger partial charge on any atom is -0.448 e. The summed E-state index contributed by atoms with van der Waals surface area (Å²) in [6, 6.07) is 0. The standard InChI is InChI=1S/C14H25NO/c1-4-6-8-10-13(9-7-5-2)14-12(3)15-11-16-14/h11,13H,4-10H2,1-3H3. The maximum atomic E-state index is 5.54. The van der Waals surface area contributed by atoms with Gasteiger partial charge in [-0.05, 0) is 19.8 Å². The highest BCUT2D eigenvalue weighted by Crippen LogP contribution is 2.29. The molecule has 1 aromatic heterocycles. The van der Waals surface area contributed by atoms with Gasteiger partial charge in [0.1, 0.15) is 5.76 Å². The largest absolute Gasteiger partial charge is 0.448 e. The van der Waals surface area contributed by atoms with Gasteiger partial charge in [-0.3, -0.25) is 0 Å². The lowest BCUT2D eigenvalue weighted by molar-refractivity contribution is 0.408. The number of aromatic nitrogens is 1. The Bertz CT molecular complexity index is 280. The second kappa shape index (κ2) is 7.48. The van der Waals surface area contributed by atoms with Crippen molar-refractivity contribution in [2.45, 2.75) is 71.6 Å². The summed E-state index contributed by atoms with van der Waals surface area (Å²) in [4.78, 5) is 4.21. The fraction of sp³-hybridized carbons (Fsp3) is 0.786. The number of hydrogen-bond acceptors (Lipinski definition) is 2. The molecule has 0 amide bonds. The van der Waals surface area contributed by atoms with E-state index in [-0.39, 0.29) is 0 Å². The molecule has 1 aromatic rings. The zero-order valence-corrected chi connectivity index (χ0v) is 11.0. The average molecular weight is 223 g/mol. The van der Waals surface area contributed by atoms with E-state index in [1.165, 1.54) is 44.9 Å². The van der Waals surface area contributed by atoms with Crippen LogP contribution in [0.1, 0.15) is 76.2 Å². The number of hydrogen-bond donors (Lipinski definition) is 0. The van der Waals surface area contributed by atoms with Crippen LogP contribution in [0, 0.1) is 6.92 Å². The van der Waals surface area contributed by atoms with E-state index in [0.29, 0.717) is 5.92 Å². The van der Waals surface area contributed by atoms with Crippen molar-refractivity contribution in [1.29, 1.82) is 0 Å². The highest BCUT2D eigenvalue weighted by atomic mass is 16.3. The molecule has 92 valence electrons. The number of unbranched alkanes of at least 4 members (excludes halogenated alkanes) is 3. The van der Waals surface area contributed by atoms with Gasteiger partial charge < -0.3 is 4.42 Å². The number of aryl methyl sites for hydroxylation is 1. The number of rotatable bonds is 8. The quantitative estimate of drug-likeness (QED) is 0.589. The molecule has 0 bridgehead atoms. The molecule has 1 rings (SSSR count). The summed E-state index contributed by atoms with van der Waals surface area (Å²) >= 11 is 0. The van der Waals surface area contributed by atoms with Crippen molar-refractivity contribution >= 4 is 0 Å². The average Bonchev–Trinajstić information content (AvgIpc) is 2.70. The van der Waals surface area contributed by atoms with Crippen molar-refractivity contribution in [3.8, 4) is 0 Å². The van der Waals surface area contributed by atoms with Gasteiger partial charge in [-0.25, -0.2) is 4.98 Å². The van der Waals surface area contributed by atoms with Crippen molar-refractivity contribution in [3.05, 3.63) is 17.8 Å². The van der Waals surface area contributed by atoms with Gasteiger partial charge in [0.15, 0.2) is 6.39 Å². The Labute approximate surface area is 99.5 Å². The van der Waals surface area contributed by atoms with Gasteiger partial charge >= 0.3 is 0 Å². The van der Waals surface area contributed by atoms with Crippen molar-refractivity contribution in [2.24, 2.45) is 0 Å². The Morgan fingerprint density at radius 1 is 1.12 bits per heavy atom. The van der Waals surface area contributed by atoms with Crippen LogP contribution in [0.5, 0.6) is 0 Å². The lowest BCUT2D eigenvalue weighted by Crippen LogP contribution is -2.00. The minimum absolute atomic E-state index is 0.592. The summed E-state index contributed by atoms with van der Waals surface area (Å²) in [5.41, 5.74) is 1.08. The van der Waals surface area contributed by atoms with E-state index in [0.717, 1.165) is 11.5 Å². The van der Waals surface area contributed by atoms with Gasteiger partial charge in [-0.2, -0.15) is 0 Å². The molecule has 0 spiro atoms. The minimum atomic E-state index is 0.592. The van der Waals surface area contributed by atoms with Gasteiger partial charge in [0.25, 0.3) is 0 Å². The van der Waals surface area contributed by atoms with Gasteiger partial charge in [0.2, 0.25) is 0 Å². The Balaban J connectivity index is 2.53. The molecule has 0 aliphatic carbocycles. The molecule has 0 radical (unpaired) electrons. The van der Waals surface area contributed by atoms with E-state index >= 15 is 0 Å². The van der Waals surface area contributed by atoms with E-state index in [1.807, 2.05) is 0 Å². The van der Waals surface area contributed by atoms with Crippen LogP contribution in [-0.2, 0) is 0 Å². The second-order valence-corrected chi connectivity index (χ2v) is 4.64. The maximum absolute atomic E-state index is 5.54. The monoisotopic (exact) mass is 223 g/mol. The van der Waals surface area contributed by atoms with Crippen LogP contribution in [0.4, 0.5) is 0 Å². The van der Waals surface area contributed by atoms with Crippen molar-refractivity contribution < 1.29 is 4.42 Å². The highest BCUT2D eigenvalue weighted by molar-refractivity contribution is 5.10. The third kappa shape index (κ3) is 3.99. The lowest BCUT2D eigenvalue weighted by atomic mass is 9.92. The van der Waals surface area contributed by atoms with Crippen LogP contribution < -0.4 is 0 Å². The third-order valence-corrected chi connectivity index (χ3v) is 3.22. The first-order chi connectivity index (χ1) is 7.79. The van der Waals surface area contributed by atoms with Crippen LogP contribution >= 0.6 is 0 Å². The SMILES string of the molecule is CCCCCC(CCCC)c1ocnc1C. The molecule has 0 aliphatic heterocycles. The first-order valence-electron chi connectivity index (χ1n) is 6.69. The molecule has 0 fully saturated rings. The predicted octanol–water partition coefficient (Wildman–Crippen LogP) is 4.84. The van der Waals surface area contributed by atoms with E-state index < -0.39 is 0 Å². The molecule has 0 saturated heterocycles. The van der Waals surface area contributed by atoms with Crippen molar-refractivity contribution in [3.63, 3.8) is 0 Å². The summed E-state index contributed by atoms with van der Waals surface area (Å²) in [6.45, 7) is 6.55. The predicted molar refractivity (Wildman–Crippen MR) is 67.6 cm³/mol. The molecular formula is C14H25NO. The van der Waals surface area contributed by atoms with Crippen LogP contribution in [0.2, 0.25) is 0 Å². The number of nitrogens with zero attached hydrogens (tertiary/aromatic N) is 1. The van der Waals surface area contributed by atoms with Crippen molar-refractivity contribution in [1.82, 2.24) is 4.98 Å².